The van der Waals surface area contributed by atoms with E-state index in [1.165, 1.54) is 50.2 Å². The number of benzene rings is 2. The third-order valence-corrected chi connectivity index (χ3v) is 5.75. The van der Waals surface area contributed by atoms with Crippen molar-refractivity contribution in [2.45, 2.75) is 62.8 Å². The Kier molecular flexibility index (Phi) is 8.59. The molecule has 0 fully saturated rings. The molecule has 168 valence electrons. The van der Waals surface area contributed by atoms with Crippen LogP contribution in [0.5, 0.6) is 0 Å². The lowest BCUT2D eigenvalue weighted by Gasteiger charge is -2.28. The molecule has 0 unspecified atom stereocenters. The number of aliphatic hydroxyl groups is 1. The summed E-state index contributed by atoms with van der Waals surface area (Å²) in [6.45, 7) is 4.50. The highest BCUT2D eigenvalue weighted by Gasteiger charge is 2.49. The van der Waals surface area contributed by atoms with Crippen LogP contribution in [0.4, 0.5) is 26.3 Å². The maximum atomic E-state index is 12.7. The molecule has 0 aromatic heterocycles. The maximum absolute atomic E-state index is 12.7. The second kappa shape index (κ2) is 9.73. The molecule has 0 aliphatic carbocycles. The molecule has 0 saturated carbocycles. The first-order chi connectivity index (χ1) is 13.6. The first-order valence-electron chi connectivity index (χ1n) is 9.07. The van der Waals surface area contributed by atoms with E-state index in [9.17, 15) is 26.3 Å². The molecule has 8 heteroatoms. The van der Waals surface area contributed by atoms with E-state index in [2.05, 4.69) is 15.9 Å². The van der Waals surface area contributed by atoms with Crippen molar-refractivity contribution in [3.05, 3.63) is 70.8 Å². The highest BCUT2D eigenvalue weighted by molar-refractivity contribution is 9.08. The summed E-state index contributed by atoms with van der Waals surface area (Å²) in [4.78, 5) is 0. The molecular weight excluding hydrogens is 474 g/mol. The SMILES string of the molecule is CC(C)(c1ccc(CBr)cc1)C(F)(F)F.CC(C)(c1ccc(CO)cc1)C(F)(F)F. The van der Waals surface area contributed by atoms with Gasteiger partial charge in [-0.2, -0.15) is 26.3 Å². The van der Waals surface area contributed by atoms with Crippen LogP contribution in [0.3, 0.4) is 0 Å². The topological polar surface area (TPSA) is 20.2 Å². The van der Waals surface area contributed by atoms with Crippen LogP contribution in [0.1, 0.15) is 49.9 Å². The maximum Gasteiger partial charge on any atom is 0.397 e. The molecule has 0 saturated heterocycles. The van der Waals surface area contributed by atoms with Crippen molar-refractivity contribution in [2.24, 2.45) is 0 Å². The fraction of sp³-hybridized carbons (Fsp3) is 0.455. The molecule has 0 aliphatic heterocycles. The normalized spacial score (nSPS) is 12.9. The molecule has 0 bridgehead atoms. The summed E-state index contributed by atoms with van der Waals surface area (Å²) in [5.74, 6) is 0. The Morgan fingerprint density at radius 3 is 1.17 bits per heavy atom. The van der Waals surface area contributed by atoms with Crippen molar-refractivity contribution in [3.63, 3.8) is 0 Å². The lowest BCUT2D eigenvalue weighted by molar-refractivity contribution is -0.180. The van der Waals surface area contributed by atoms with E-state index in [-0.39, 0.29) is 12.2 Å². The van der Waals surface area contributed by atoms with Gasteiger partial charge in [-0.3, -0.25) is 0 Å². The van der Waals surface area contributed by atoms with Crippen LogP contribution in [-0.2, 0) is 22.8 Å². The molecule has 1 N–H and O–H groups in total. The molecule has 0 spiro atoms. The fourth-order valence-electron chi connectivity index (χ4n) is 2.36. The van der Waals surface area contributed by atoms with E-state index in [4.69, 9.17) is 5.11 Å². The predicted octanol–water partition coefficient (Wildman–Crippen LogP) is 7.44. The van der Waals surface area contributed by atoms with Crippen molar-refractivity contribution in [3.8, 4) is 0 Å². The Bertz CT molecular complexity index is 721. The van der Waals surface area contributed by atoms with Gasteiger partial charge < -0.3 is 5.11 Å². The van der Waals surface area contributed by atoms with Crippen LogP contribution in [0, 0.1) is 0 Å². The minimum Gasteiger partial charge on any atom is -0.392 e. The van der Waals surface area contributed by atoms with Crippen molar-refractivity contribution < 1.29 is 31.4 Å². The molecule has 0 radical (unpaired) electrons. The van der Waals surface area contributed by atoms with Gasteiger partial charge in [-0.25, -0.2) is 0 Å². The van der Waals surface area contributed by atoms with Crippen LogP contribution < -0.4 is 0 Å². The van der Waals surface area contributed by atoms with Crippen LogP contribution in [-0.4, -0.2) is 17.5 Å². The van der Waals surface area contributed by atoms with Crippen LogP contribution in [0.2, 0.25) is 0 Å². The molecule has 0 amide bonds. The van der Waals surface area contributed by atoms with Crippen molar-refractivity contribution in [2.75, 3.05) is 0 Å². The predicted molar refractivity (Wildman–Crippen MR) is 110 cm³/mol. The zero-order chi connectivity index (χ0) is 23.4. The Morgan fingerprint density at radius 2 is 0.933 bits per heavy atom. The third kappa shape index (κ3) is 6.23. The second-order valence-corrected chi connectivity index (χ2v) is 8.49. The molecular formula is C22H25BrF6O. The standard InChI is InChI=1S/C11H12BrF3.C11H13F3O/c1-10(2,11(13,14)15)9-5-3-8(7-12)4-6-9;1-10(2,11(12,13)14)9-5-3-8(7-15)4-6-9/h3-6H,7H2,1-2H3;3-6,15H,7H2,1-2H3. The van der Waals surface area contributed by atoms with E-state index < -0.39 is 23.2 Å². The van der Waals surface area contributed by atoms with Gasteiger partial charge in [0.2, 0.25) is 0 Å². The van der Waals surface area contributed by atoms with Crippen molar-refractivity contribution in [1.82, 2.24) is 0 Å². The summed E-state index contributed by atoms with van der Waals surface area (Å²) < 4.78 is 76.0. The van der Waals surface area contributed by atoms with E-state index in [1.54, 1.807) is 12.1 Å². The van der Waals surface area contributed by atoms with Gasteiger partial charge in [0, 0.05) is 5.33 Å². The van der Waals surface area contributed by atoms with Crippen LogP contribution in [0.15, 0.2) is 48.5 Å². The van der Waals surface area contributed by atoms with Gasteiger partial charge in [-0.15, -0.1) is 0 Å². The molecule has 0 heterocycles. The molecule has 30 heavy (non-hydrogen) atoms. The zero-order valence-electron chi connectivity index (χ0n) is 17.1. The largest absolute Gasteiger partial charge is 0.397 e. The monoisotopic (exact) mass is 498 g/mol. The molecule has 2 aromatic carbocycles. The number of aliphatic hydroxyl groups excluding tert-OH is 1. The Labute approximate surface area is 181 Å². The van der Waals surface area contributed by atoms with Gasteiger partial charge in [0.25, 0.3) is 0 Å². The number of hydrogen-bond donors (Lipinski definition) is 1. The van der Waals surface area contributed by atoms with Gasteiger partial charge in [0.1, 0.15) is 0 Å². The third-order valence-electron chi connectivity index (χ3n) is 5.11. The summed E-state index contributed by atoms with van der Waals surface area (Å²) in [6, 6.07) is 12.3. The van der Waals surface area contributed by atoms with Gasteiger partial charge in [0.15, 0.2) is 0 Å². The average molecular weight is 499 g/mol. The second-order valence-electron chi connectivity index (χ2n) is 7.93. The fourth-order valence-corrected chi connectivity index (χ4v) is 2.74. The highest BCUT2D eigenvalue weighted by atomic mass is 79.9. The van der Waals surface area contributed by atoms with E-state index in [0.29, 0.717) is 16.5 Å². The number of alkyl halides is 7. The summed E-state index contributed by atoms with van der Waals surface area (Å²) >= 11 is 3.25. The Morgan fingerprint density at radius 1 is 0.633 bits per heavy atom. The summed E-state index contributed by atoms with van der Waals surface area (Å²) in [7, 11) is 0. The first-order valence-corrected chi connectivity index (χ1v) is 10.2. The molecule has 1 nitrogen and oxygen atoms in total. The van der Waals surface area contributed by atoms with E-state index in [1.807, 2.05) is 0 Å². The van der Waals surface area contributed by atoms with Crippen molar-refractivity contribution >= 4 is 15.9 Å². The quantitative estimate of drug-likeness (QED) is 0.343. The Balaban J connectivity index is 0.000000300. The number of hydrogen-bond acceptors (Lipinski definition) is 1. The van der Waals surface area contributed by atoms with Gasteiger partial charge in [-0.1, -0.05) is 64.5 Å². The van der Waals surface area contributed by atoms with Crippen molar-refractivity contribution in [1.29, 1.82) is 0 Å². The lowest BCUT2D eigenvalue weighted by atomic mass is 9.83. The van der Waals surface area contributed by atoms with Gasteiger partial charge in [0.05, 0.1) is 17.4 Å². The minimum absolute atomic E-state index is 0.160. The van der Waals surface area contributed by atoms with E-state index in [0.717, 1.165) is 19.4 Å². The highest BCUT2D eigenvalue weighted by Crippen LogP contribution is 2.41. The van der Waals surface area contributed by atoms with Gasteiger partial charge in [-0.05, 0) is 49.9 Å². The smallest absolute Gasteiger partial charge is 0.392 e. The zero-order valence-corrected chi connectivity index (χ0v) is 18.7. The number of rotatable bonds is 4. The summed E-state index contributed by atoms with van der Waals surface area (Å²) in [6.07, 6.45) is -8.49. The first kappa shape index (κ1) is 26.5. The summed E-state index contributed by atoms with van der Waals surface area (Å²) in [5.41, 5.74) is -1.58. The number of halogens is 7. The Hall–Kier alpha value is -1.54. The lowest BCUT2D eigenvalue weighted by Crippen LogP contribution is -2.36. The van der Waals surface area contributed by atoms with Crippen LogP contribution in [0.25, 0.3) is 0 Å². The minimum atomic E-state index is -4.27. The molecule has 0 aliphatic rings. The molecule has 2 rings (SSSR count). The molecule has 2 aromatic rings. The average Bonchev–Trinajstić information content (AvgIpc) is 2.67. The summed E-state index contributed by atoms with van der Waals surface area (Å²) in [5, 5.41) is 9.42. The van der Waals surface area contributed by atoms with E-state index >= 15 is 0 Å². The van der Waals surface area contributed by atoms with Gasteiger partial charge >= 0.3 is 12.4 Å². The van der Waals surface area contributed by atoms with Crippen LogP contribution >= 0.6 is 15.9 Å². The molecule has 0 atom stereocenters.